The van der Waals surface area contributed by atoms with Crippen LogP contribution < -0.4 is 9.47 Å². The number of aliphatic carboxylic acids is 1. The van der Waals surface area contributed by atoms with E-state index in [0.717, 1.165) is 25.7 Å². The molecule has 0 spiro atoms. The average molecular weight is 412 g/mol. The molecular weight excluding hydrogens is 396 g/mol. The topological polar surface area (TPSA) is 92.4 Å². The number of hydrogen-bond donors (Lipinski definition) is 1. The minimum atomic E-state index is -0.894. The molecule has 0 aliphatic heterocycles. The van der Waals surface area contributed by atoms with Gasteiger partial charge in [0.1, 0.15) is 11.1 Å². The van der Waals surface area contributed by atoms with Crippen LogP contribution in [0.15, 0.2) is 42.5 Å². The van der Waals surface area contributed by atoms with Crippen LogP contribution in [0.3, 0.4) is 0 Å². The summed E-state index contributed by atoms with van der Waals surface area (Å²) in [6, 6.07) is 15.0. The maximum absolute atomic E-state index is 11.1. The number of nitriles is 1. The van der Waals surface area contributed by atoms with E-state index >= 15 is 0 Å². The third kappa shape index (κ3) is 4.82. The van der Waals surface area contributed by atoms with Crippen LogP contribution in [-0.2, 0) is 4.79 Å². The summed E-state index contributed by atoms with van der Waals surface area (Å²) in [6.07, 6.45) is 1.88. The Bertz CT molecular complexity index is 1040. The molecule has 2 aromatic carbocycles. The third-order valence-corrected chi connectivity index (χ3v) is 5.85. The number of carboxylic acids is 1. The molecule has 1 aromatic heterocycles. The third-order valence-electron chi connectivity index (χ3n) is 3.63. The highest BCUT2D eigenvalue weighted by molar-refractivity contribution is 8.09. The Morgan fingerprint density at radius 2 is 2.14 bits per heavy atom. The second-order valence-electron chi connectivity index (χ2n) is 5.53. The number of benzene rings is 2. The predicted octanol–water partition coefficient (Wildman–Crippen LogP) is 4.52. The second-order valence-corrected chi connectivity index (χ2v) is 7.58. The molecule has 28 heavy (non-hydrogen) atoms. The maximum atomic E-state index is 11.1. The van der Waals surface area contributed by atoms with Gasteiger partial charge in [0.25, 0.3) is 0 Å². The first-order valence-corrected chi connectivity index (χ1v) is 10.0. The number of thiazole rings is 1. The summed E-state index contributed by atoms with van der Waals surface area (Å²) in [5, 5.41) is 18.5. The van der Waals surface area contributed by atoms with Gasteiger partial charge in [0.05, 0.1) is 23.1 Å². The Balaban J connectivity index is 1.98. The molecule has 0 unspecified atom stereocenters. The standard InChI is InChI=1S/C20H16N2O4S2/c1-25-16-10-13(6-7-15(16)26-9-8-21)11-18(27-12-19(23)24)20-22-14-4-2-3-5-17(14)28-20/h2-7,10-11H,9,12H2,1H3,(H,23,24)/b18-11-. The molecule has 142 valence electrons. The van der Waals surface area contributed by atoms with Crippen molar-refractivity contribution in [1.29, 1.82) is 5.26 Å². The first kappa shape index (κ1) is 19.7. The van der Waals surface area contributed by atoms with E-state index in [-0.39, 0.29) is 12.4 Å². The summed E-state index contributed by atoms with van der Waals surface area (Å²) in [5.41, 5.74) is 1.69. The van der Waals surface area contributed by atoms with Crippen LogP contribution in [0.1, 0.15) is 10.6 Å². The summed E-state index contributed by atoms with van der Waals surface area (Å²) in [4.78, 5) is 16.5. The molecule has 8 heteroatoms. The molecule has 1 heterocycles. The van der Waals surface area contributed by atoms with Crippen molar-refractivity contribution in [2.75, 3.05) is 19.5 Å². The van der Waals surface area contributed by atoms with Crippen LogP contribution in [0, 0.1) is 11.3 Å². The molecule has 0 aliphatic carbocycles. The van der Waals surface area contributed by atoms with Crippen molar-refractivity contribution in [2.45, 2.75) is 0 Å². The summed E-state index contributed by atoms with van der Waals surface area (Å²) in [5.74, 6) is 0.00840. The van der Waals surface area contributed by atoms with Crippen molar-refractivity contribution in [1.82, 2.24) is 4.98 Å². The van der Waals surface area contributed by atoms with Gasteiger partial charge in [-0.15, -0.1) is 23.1 Å². The zero-order valence-corrected chi connectivity index (χ0v) is 16.5. The first-order valence-electron chi connectivity index (χ1n) is 8.20. The van der Waals surface area contributed by atoms with Crippen molar-refractivity contribution in [3.05, 3.63) is 53.0 Å². The zero-order valence-electron chi connectivity index (χ0n) is 14.9. The fourth-order valence-corrected chi connectivity index (χ4v) is 4.28. The van der Waals surface area contributed by atoms with Crippen molar-refractivity contribution in [2.24, 2.45) is 0 Å². The van der Waals surface area contributed by atoms with Gasteiger partial charge in [-0.1, -0.05) is 18.2 Å². The van der Waals surface area contributed by atoms with Gasteiger partial charge in [-0.2, -0.15) is 5.26 Å². The van der Waals surface area contributed by atoms with Crippen LogP contribution in [0.25, 0.3) is 21.2 Å². The highest BCUT2D eigenvalue weighted by atomic mass is 32.2. The Morgan fingerprint density at radius 1 is 1.32 bits per heavy atom. The minimum Gasteiger partial charge on any atom is -0.493 e. The number of ether oxygens (including phenoxy) is 2. The number of rotatable bonds is 8. The van der Waals surface area contributed by atoms with Crippen LogP contribution in [0.5, 0.6) is 11.5 Å². The Labute approximate surface area is 170 Å². The number of nitrogens with zero attached hydrogens (tertiary/aromatic N) is 2. The number of fused-ring (bicyclic) bond motifs is 1. The molecule has 0 bridgehead atoms. The lowest BCUT2D eigenvalue weighted by atomic mass is 10.2. The lowest BCUT2D eigenvalue weighted by Gasteiger charge is -2.09. The molecule has 0 saturated carbocycles. The Kier molecular flexibility index (Phi) is 6.53. The van der Waals surface area contributed by atoms with Crippen molar-refractivity contribution in [3.8, 4) is 17.6 Å². The number of aromatic nitrogens is 1. The summed E-state index contributed by atoms with van der Waals surface area (Å²) in [6.45, 7) is -0.0725. The lowest BCUT2D eigenvalue weighted by Crippen LogP contribution is -1.98. The summed E-state index contributed by atoms with van der Waals surface area (Å²) < 4.78 is 11.7. The van der Waals surface area contributed by atoms with Crippen molar-refractivity contribution >= 4 is 50.3 Å². The normalized spacial score (nSPS) is 11.2. The van der Waals surface area contributed by atoms with Gasteiger partial charge in [-0.3, -0.25) is 4.79 Å². The van der Waals surface area contributed by atoms with E-state index in [0.29, 0.717) is 11.5 Å². The highest BCUT2D eigenvalue weighted by Gasteiger charge is 2.13. The van der Waals surface area contributed by atoms with Crippen LogP contribution in [-0.4, -0.2) is 35.5 Å². The van der Waals surface area contributed by atoms with Crippen LogP contribution >= 0.6 is 23.1 Å². The van der Waals surface area contributed by atoms with E-state index in [1.165, 1.54) is 30.2 Å². The largest absolute Gasteiger partial charge is 0.493 e. The lowest BCUT2D eigenvalue weighted by molar-refractivity contribution is -0.133. The molecule has 1 N–H and O–H groups in total. The van der Waals surface area contributed by atoms with Gasteiger partial charge >= 0.3 is 5.97 Å². The van der Waals surface area contributed by atoms with E-state index < -0.39 is 5.97 Å². The van der Waals surface area contributed by atoms with Crippen LogP contribution in [0.4, 0.5) is 0 Å². The number of carboxylic acid groups (broad SMARTS) is 1. The molecule has 6 nitrogen and oxygen atoms in total. The van der Waals surface area contributed by atoms with Crippen LogP contribution in [0.2, 0.25) is 0 Å². The molecule has 3 rings (SSSR count). The van der Waals surface area contributed by atoms with E-state index in [1.807, 2.05) is 42.5 Å². The molecule has 0 atom stereocenters. The quantitative estimate of drug-likeness (QED) is 0.581. The molecule has 3 aromatic rings. The first-order chi connectivity index (χ1) is 13.6. The van der Waals surface area contributed by atoms with Gasteiger partial charge in [0.2, 0.25) is 0 Å². The fourth-order valence-electron chi connectivity index (χ4n) is 2.44. The fraction of sp³-hybridized carbons (Fsp3) is 0.150. The average Bonchev–Trinajstić information content (AvgIpc) is 3.13. The molecular formula is C20H16N2O4S2. The summed E-state index contributed by atoms with van der Waals surface area (Å²) in [7, 11) is 1.52. The number of para-hydroxylation sites is 1. The van der Waals surface area contributed by atoms with Gasteiger partial charge in [-0.25, -0.2) is 4.98 Å². The van der Waals surface area contributed by atoms with Gasteiger partial charge in [0.15, 0.2) is 18.1 Å². The van der Waals surface area contributed by atoms with Gasteiger partial charge in [0, 0.05) is 4.91 Å². The van der Waals surface area contributed by atoms with Crippen molar-refractivity contribution < 1.29 is 19.4 Å². The van der Waals surface area contributed by atoms with E-state index in [9.17, 15) is 4.79 Å². The predicted molar refractivity (Wildman–Crippen MR) is 112 cm³/mol. The smallest absolute Gasteiger partial charge is 0.313 e. The zero-order chi connectivity index (χ0) is 19.9. The molecule has 0 amide bonds. The SMILES string of the molecule is COc1cc(/C=C(\SCC(=O)O)c2nc3ccccc3s2)ccc1OCC#N. The van der Waals surface area contributed by atoms with E-state index in [2.05, 4.69) is 4.98 Å². The number of carbonyl (C=O) groups is 1. The van der Waals surface area contributed by atoms with E-state index in [4.69, 9.17) is 19.8 Å². The highest BCUT2D eigenvalue weighted by Crippen LogP contribution is 2.36. The Morgan fingerprint density at radius 3 is 2.86 bits per heavy atom. The number of methoxy groups -OCH3 is 1. The summed E-state index contributed by atoms with van der Waals surface area (Å²) >= 11 is 2.73. The second kappa shape index (κ2) is 9.26. The number of hydrogen-bond acceptors (Lipinski definition) is 7. The van der Waals surface area contributed by atoms with Crippen molar-refractivity contribution in [3.63, 3.8) is 0 Å². The minimum absolute atomic E-state index is 0.0672. The van der Waals surface area contributed by atoms with E-state index in [1.54, 1.807) is 12.1 Å². The maximum Gasteiger partial charge on any atom is 0.313 e. The Hall–Kier alpha value is -3.02. The van der Waals surface area contributed by atoms with Gasteiger partial charge < -0.3 is 14.6 Å². The molecule has 0 radical (unpaired) electrons. The molecule has 0 saturated heterocycles. The molecule has 0 aliphatic rings. The molecule has 0 fully saturated rings. The van der Waals surface area contributed by atoms with Gasteiger partial charge in [-0.05, 0) is 35.9 Å². The number of thioether (sulfide) groups is 1. The monoisotopic (exact) mass is 412 g/mol.